The topological polar surface area (TPSA) is 47.9 Å². The van der Waals surface area contributed by atoms with Crippen LogP contribution in [-0.4, -0.2) is 43.7 Å². The maximum absolute atomic E-state index is 9.92. The van der Waals surface area contributed by atoms with Crippen molar-refractivity contribution in [3.8, 4) is 0 Å². The maximum atomic E-state index is 9.92. The van der Waals surface area contributed by atoms with Crippen LogP contribution in [0.3, 0.4) is 0 Å². The van der Waals surface area contributed by atoms with Crippen molar-refractivity contribution in [2.24, 2.45) is 23.2 Å². The van der Waals surface area contributed by atoms with Crippen LogP contribution in [0, 0.1) is 23.2 Å². The first-order valence-electron chi connectivity index (χ1n) is 9.57. The van der Waals surface area contributed by atoms with Crippen LogP contribution in [0.25, 0.3) is 0 Å². The second-order valence-electron chi connectivity index (χ2n) is 7.97. The Bertz CT molecular complexity index is 341. The normalized spacial score (nSPS) is 32.6. The van der Waals surface area contributed by atoms with Gasteiger partial charge in [-0.25, -0.2) is 0 Å². The average molecular weight is 362 g/mol. The van der Waals surface area contributed by atoms with E-state index in [0.717, 1.165) is 19.3 Å². The summed E-state index contributed by atoms with van der Waals surface area (Å²) in [5.74, 6) is 1.81. The summed E-state index contributed by atoms with van der Waals surface area (Å²) < 4.78 is 17.8. The summed E-state index contributed by atoms with van der Waals surface area (Å²) in [6.45, 7) is 12.7. The SMILES string of the molecule is CCC(C)C(C)CC1CC(C(C)CC)OCC(CO)(COP)CO1. The lowest BCUT2D eigenvalue weighted by Gasteiger charge is -2.40. The molecule has 0 amide bonds. The van der Waals surface area contributed by atoms with Gasteiger partial charge in [0.25, 0.3) is 0 Å². The van der Waals surface area contributed by atoms with Gasteiger partial charge in [-0.05, 0) is 24.2 Å². The van der Waals surface area contributed by atoms with E-state index in [9.17, 15) is 5.11 Å². The zero-order chi connectivity index (χ0) is 18.2. The second kappa shape index (κ2) is 11.1. The van der Waals surface area contributed by atoms with Crippen molar-refractivity contribution in [1.29, 1.82) is 0 Å². The molecule has 5 heteroatoms. The minimum absolute atomic E-state index is 0.0161. The Balaban J connectivity index is 2.85. The van der Waals surface area contributed by atoms with Gasteiger partial charge in [0.2, 0.25) is 0 Å². The van der Waals surface area contributed by atoms with Crippen molar-refractivity contribution in [1.82, 2.24) is 0 Å². The third-order valence-electron chi connectivity index (χ3n) is 5.98. The van der Waals surface area contributed by atoms with Gasteiger partial charge in [0.05, 0.1) is 44.1 Å². The lowest BCUT2D eigenvalue weighted by Crippen LogP contribution is -2.46. The van der Waals surface area contributed by atoms with Gasteiger partial charge in [0.15, 0.2) is 0 Å². The highest BCUT2D eigenvalue weighted by Crippen LogP contribution is 2.32. The molecule has 1 saturated heterocycles. The van der Waals surface area contributed by atoms with E-state index in [1.165, 1.54) is 6.42 Å². The first-order valence-corrected chi connectivity index (χ1v) is 10.0. The van der Waals surface area contributed by atoms with E-state index >= 15 is 0 Å². The highest BCUT2D eigenvalue weighted by molar-refractivity contribution is 7.09. The zero-order valence-corrected chi connectivity index (χ0v) is 17.4. The lowest BCUT2D eigenvalue weighted by molar-refractivity contribution is -0.153. The molecule has 0 aromatic rings. The fraction of sp³-hybridized carbons (Fsp3) is 1.00. The second-order valence-corrected chi connectivity index (χ2v) is 8.30. The molecule has 1 aliphatic rings. The molecule has 7 unspecified atom stereocenters. The zero-order valence-electron chi connectivity index (χ0n) is 16.3. The van der Waals surface area contributed by atoms with Crippen molar-refractivity contribution in [3.63, 3.8) is 0 Å². The minimum Gasteiger partial charge on any atom is -0.396 e. The van der Waals surface area contributed by atoms with Gasteiger partial charge in [-0.3, -0.25) is 0 Å². The summed E-state index contributed by atoms with van der Waals surface area (Å²) in [6.07, 6.45) is 4.64. The quantitative estimate of drug-likeness (QED) is 0.628. The van der Waals surface area contributed by atoms with Gasteiger partial charge in [-0.15, -0.1) is 0 Å². The van der Waals surface area contributed by atoms with E-state index in [1.54, 1.807) is 0 Å². The van der Waals surface area contributed by atoms with Gasteiger partial charge in [-0.1, -0.05) is 47.5 Å². The highest BCUT2D eigenvalue weighted by atomic mass is 31.0. The predicted molar refractivity (Wildman–Crippen MR) is 102 cm³/mol. The Labute approximate surface area is 151 Å². The summed E-state index contributed by atoms with van der Waals surface area (Å²) in [5, 5.41) is 9.92. The summed E-state index contributed by atoms with van der Waals surface area (Å²) in [6, 6.07) is 0. The van der Waals surface area contributed by atoms with Gasteiger partial charge in [-0.2, -0.15) is 0 Å². The molecule has 1 rings (SSSR count). The number of hydrogen-bond donors (Lipinski definition) is 1. The van der Waals surface area contributed by atoms with Gasteiger partial charge >= 0.3 is 0 Å². The Morgan fingerprint density at radius 3 is 2.33 bits per heavy atom. The van der Waals surface area contributed by atoms with Crippen LogP contribution in [0.5, 0.6) is 0 Å². The van der Waals surface area contributed by atoms with Crippen LogP contribution in [0.15, 0.2) is 0 Å². The molecule has 144 valence electrons. The van der Waals surface area contributed by atoms with Crippen molar-refractivity contribution < 1.29 is 19.1 Å². The monoisotopic (exact) mass is 362 g/mol. The molecule has 0 saturated carbocycles. The third kappa shape index (κ3) is 6.53. The van der Waals surface area contributed by atoms with E-state index in [4.69, 9.17) is 14.0 Å². The van der Waals surface area contributed by atoms with Crippen molar-refractivity contribution in [2.75, 3.05) is 26.4 Å². The first-order chi connectivity index (χ1) is 11.4. The van der Waals surface area contributed by atoms with E-state index in [1.807, 2.05) is 0 Å². The summed E-state index contributed by atoms with van der Waals surface area (Å²) in [7, 11) is 2.27. The molecule has 1 aliphatic heterocycles. The van der Waals surface area contributed by atoms with Crippen molar-refractivity contribution in [3.05, 3.63) is 0 Å². The molecule has 0 radical (unpaired) electrons. The lowest BCUT2D eigenvalue weighted by atomic mass is 9.85. The van der Waals surface area contributed by atoms with E-state index in [0.29, 0.717) is 37.6 Å². The molecular formula is C19H39O4P. The van der Waals surface area contributed by atoms with Crippen molar-refractivity contribution in [2.45, 2.75) is 72.5 Å². The number of hydrogen-bond acceptors (Lipinski definition) is 4. The number of aliphatic hydroxyl groups is 1. The Morgan fingerprint density at radius 1 is 1.12 bits per heavy atom. The van der Waals surface area contributed by atoms with E-state index in [-0.39, 0.29) is 18.8 Å². The predicted octanol–water partition coefficient (Wildman–Crippen LogP) is 4.06. The molecular weight excluding hydrogens is 323 g/mol. The van der Waals surface area contributed by atoms with Crippen LogP contribution in [0.1, 0.15) is 60.3 Å². The fourth-order valence-corrected chi connectivity index (χ4v) is 3.64. The Kier molecular flexibility index (Phi) is 10.3. The molecule has 0 aromatic carbocycles. The maximum Gasteiger partial charge on any atom is 0.0638 e. The molecule has 1 heterocycles. The standard InChI is InChI=1S/C19H39O4P/c1-6-14(3)16(5)8-17-9-18(15(4)7-2)22-12-19(10-20,11-21-17)13-23-24/h14-18,20H,6-13,24H2,1-5H3. The third-order valence-corrected chi connectivity index (χ3v) is 6.14. The summed E-state index contributed by atoms with van der Waals surface area (Å²) >= 11 is 0. The van der Waals surface area contributed by atoms with Crippen LogP contribution in [-0.2, 0) is 14.0 Å². The number of aliphatic hydroxyl groups excluding tert-OH is 1. The van der Waals surface area contributed by atoms with E-state index in [2.05, 4.69) is 44.1 Å². The van der Waals surface area contributed by atoms with Crippen LogP contribution >= 0.6 is 9.47 Å². The van der Waals surface area contributed by atoms with Crippen molar-refractivity contribution >= 4 is 9.47 Å². The van der Waals surface area contributed by atoms with E-state index < -0.39 is 5.41 Å². The largest absolute Gasteiger partial charge is 0.396 e. The molecule has 24 heavy (non-hydrogen) atoms. The van der Waals surface area contributed by atoms with Crippen LogP contribution in [0.4, 0.5) is 0 Å². The van der Waals surface area contributed by atoms with Gasteiger partial charge < -0.3 is 19.1 Å². The van der Waals surface area contributed by atoms with Gasteiger partial charge in [0.1, 0.15) is 0 Å². The average Bonchev–Trinajstić information content (AvgIpc) is 2.58. The molecule has 0 bridgehead atoms. The molecule has 1 fully saturated rings. The van der Waals surface area contributed by atoms with Crippen LogP contribution in [0.2, 0.25) is 0 Å². The van der Waals surface area contributed by atoms with Gasteiger partial charge in [0, 0.05) is 15.9 Å². The number of ether oxygens (including phenoxy) is 2. The molecule has 0 aliphatic carbocycles. The summed E-state index contributed by atoms with van der Waals surface area (Å²) in [5.41, 5.74) is -0.467. The smallest absolute Gasteiger partial charge is 0.0638 e. The molecule has 4 nitrogen and oxygen atoms in total. The molecule has 7 atom stereocenters. The molecule has 0 spiro atoms. The van der Waals surface area contributed by atoms with Crippen LogP contribution < -0.4 is 0 Å². The molecule has 1 N–H and O–H groups in total. The Morgan fingerprint density at radius 2 is 1.79 bits per heavy atom. The highest BCUT2D eigenvalue weighted by Gasteiger charge is 2.37. The first kappa shape index (κ1) is 22.3. The summed E-state index contributed by atoms with van der Waals surface area (Å²) in [4.78, 5) is 0. The fourth-order valence-electron chi connectivity index (χ4n) is 3.29. The Hall–Kier alpha value is 0.270. The minimum atomic E-state index is -0.467. The molecule has 0 aromatic heterocycles. The number of rotatable bonds is 9.